The molecule has 0 spiro atoms. The van der Waals surface area contributed by atoms with Crippen molar-refractivity contribution in [2.45, 2.75) is 38.3 Å². The van der Waals surface area contributed by atoms with Gasteiger partial charge in [-0.05, 0) is 44.0 Å². The molecular weight excluding hydrogens is 244 g/mol. The molecule has 3 rings (SSSR count). The van der Waals surface area contributed by atoms with Gasteiger partial charge in [0.25, 0.3) is 0 Å². The van der Waals surface area contributed by atoms with Crippen LogP contribution in [-0.2, 0) is 20.0 Å². The van der Waals surface area contributed by atoms with Crippen LogP contribution in [0.1, 0.15) is 31.7 Å². The molecule has 2 heterocycles. The lowest BCUT2D eigenvalue weighted by Gasteiger charge is -2.25. The van der Waals surface area contributed by atoms with Crippen molar-refractivity contribution >= 4 is 0 Å². The van der Waals surface area contributed by atoms with Gasteiger partial charge in [-0.25, -0.2) is 0 Å². The summed E-state index contributed by atoms with van der Waals surface area (Å²) >= 11 is 0. The van der Waals surface area contributed by atoms with E-state index in [0.29, 0.717) is 13.2 Å². The maximum atomic E-state index is 5.80. The van der Waals surface area contributed by atoms with Crippen molar-refractivity contribution in [3.63, 3.8) is 0 Å². The van der Waals surface area contributed by atoms with E-state index in [1.807, 2.05) is 31.2 Å². The van der Waals surface area contributed by atoms with E-state index in [1.165, 1.54) is 6.42 Å². The van der Waals surface area contributed by atoms with Gasteiger partial charge in [-0.3, -0.25) is 0 Å². The summed E-state index contributed by atoms with van der Waals surface area (Å²) in [6.45, 7) is 4.03. The van der Waals surface area contributed by atoms with Gasteiger partial charge in [0.1, 0.15) is 5.75 Å². The Morgan fingerprint density at radius 3 is 2.42 bits per heavy atom. The molecule has 0 amide bonds. The van der Waals surface area contributed by atoms with Crippen molar-refractivity contribution in [3.8, 4) is 5.75 Å². The van der Waals surface area contributed by atoms with Crippen LogP contribution in [0.4, 0.5) is 0 Å². The third-order valence-electron chi connectivity index (χ3n) is 3.62. The molecule has 4 nitrogen and oxygen atoms in total. The Morgan fingerprint density at radius 2 is 1.79 bits per heavy atom. The van der Waals surface area contributed by atoms with Crippen LogP contribution in [0.3, 0.4) is 0 Å². The maximum absolute atomic E-state index is 5.80. The van der Waals surface area contributed by atoms with Crippen molar-refractivity contribution in [2.75, 3.05) is 19.8 Å². The molecule has 104 valence electrons. The molecule has 0 aromatic heterocycles. The van der Waals surface area contributed by atoms with Crippen LogP contribution in [0.25, 0.3) is 0 Å². The second-order valence-corrected chi connectivity index (χ2v) is 5.08. The van der Waals surface area contributed by atoms with E-state index in [-0.39, 0.29) is 6.29 Å². The van der Waals surface area contributed by atoms with Gasteiger partial charge in [0.2, 0.25) is 0 Å². The highest BCUT2D eigenvalue weighted by Crippen LogP contribution is 2.32. The zero-order valence-electron chi connectivity index (χ0n) is 11.3. The highest BCUT2D eigenvalue weighted by Gasteiger charge is 2.32. The van der Waals surface area contributed by atoms with E-state index >= 15 is 0 Å². The normalized spacial score (nSPS) is 26.3. The van der Waals surface area contributed by atoms with Crippen molar-refractivity contribution in [1.82, 2.24) is 0 Å². The van der Waals surface area contributed by atoms with Crippen LogP contribution >= 0.6 is 0 Å². The summed E-state index contributed by atoms with van der Waals surface area (Å²) in [6.07, 6.45) is 3.16. The lowest BCUT2D eigenvalue weighted by Crippen LogP contribution is -2.25. The summed E-state index contributed by atoms with van der Waals surface area (Å²) in [4.78, 5) is 0. The monoisotopic (exact) mass is 264 g/mol. The molecule has 1 aromatic rings. The third kappa shape index (κ3) is 2.91. The van der Waals surface area contributed by atoms with Crippen molar-refractivity contribution in [1.29, 1.82) is 0 Å². The molecule has 0 bridgehead atoms. The largest absolute Gasteiger partial charge is 0.465 e. The Bertz CT molecular complexity index is 403. The minimum absolute atomic E-state index is 0.103. The quantitative estimate of drug-likeness (QED) is 0.841. The first kappa shape index (κ1) is 12.9. The standard InChI is InChI=1S/C15H20O4/c1-15(17-10-11-18-15)12-5-7-13(8-6-12)19-14-4-2-3-9-16-14/h5-8,14H,2-4,9-11H2,1H3. The van der Waals surface area contributed by atoms with Gasteiger partial charge >= 0.3 is 0 Å². The van der Waals surface area contributed by atoms with E-state index < -0.39 is 5.79 Å². The summed E-state index contributed by atoms with van der Waals surface area (Å²) in [5, 5.41) is 0. The van der Waals surface area contributed by atoms with Crippen LogP contribution in [0.15, 0.2) is 24.3 Å². The van der Waals surface area contributed by atoms with E-state index in [9.17, 15) is 0 Å². The predicted molar refractivity (Wildman–Crippen MR) is 69.9 cm³/mol. The predicted octanol–water partition coefficient (Wildman–Crippen LogP) is 2.81. The molecule has 2 fully saturated rings. The minimum Gasteiger partial charge on any atom is -0.465 e. The second-order valence-electron chi connectivity index (χ2n) is 5.08. The molecule has 0 saturated carbocycles. The first-order valence-electron chi connectivity index (χ1n) is 6.93. The summed E-state index contributed by atoms with van der Waals surface area (Å²) in [7, 11) is 0. The lowest BCUT2D eigenvalue weighted by atomic mass is 10.1. The second kappa shape index (κ2) is 5.49. The van der Waals surface area contributed by atoms with Gasteiger partial charge < -0.3 is 18.9 Å². The Balaban J connectivity index is 1.65. The minimum atomic E-state index is -0.611. The van der Waals surface area contributed by atoms with Crippen molar-refractivity contribution in [3.05, 3.63) is 29.8 Å². The first-order chi connectivity index (χ1) is 9.26. The van der Waals surface area contributed by atoms with Crippen LogP contribution in [-0.4, -0.2) is 26.1 Å². The lowest BCUT2D eigenvalue weighted by molar-refractivity contribution is -0.149. The fourth-order valence-electron chi connectivity index (χ4n) is 2.47. The molecule has 4 heteroatoms. The fourth-order valence-corrected chi connectivity index (χ4v) is 2.47. The smallest absolute Gasteiger partial charge is 0.199 e. The van der Waals surface area contributed by atoms with Crippen LogP contribution in [0.2, 0.25) is 0 Å². The highest BCUT2D eigenvalue weighted by molar-refractivity contribution is 5.30. The van der Waals surface area contributed by atoms with E-state index in [4.69, 9.17) is 18.9 Å². The number of rotatable bonds is 3. The number of benzene rings is 1. The van der Waals surface area contributed by atoms with Crippen molar-refractivity contribution in [2.24, 2.45) is 0 Å². The summed E-state index contributed by atoms with van der Waals surface area (Å²) in [5.41, 5.74) is 1.02. The zero-order chi connectivity index (χ0) is 13.1. The Hall–Kier alpha value is -1.10. The molecule has 19 heavy (non-hydrogen) atoms. The molecule has 1 unspecified atom stereocenters. The topological polar surface area (TPSA) is 36.9 Å². The summed E-state index contributed by atoms with van der Waals surface area (Å²) < 4.78 is 22.6. The van der Waals surface area contributed by atoms with Gasteiger partial charge in [-0.15, -0.1) is 0 Å². The van der Waals surface area contributed by atoms with Gasteiger partial charge in [0.15, 0.2) is 12.1 Å². The molecular formula is C15H20O4. The fraction of sp³-hybridized carbons (Fsp3) is 0.600. The zero-order valence-corrected chi connectivity index (χ0v) is 11.3. The van der Waals surface area contributed by atoms with Gasteiger partial charge in [-0.2, -0.15) is 0 Å². The average molecular weight is 264 g/mol. The molecule has 1 atom stereocenters. The Kier molecular flexibility index (Phi) is 3.73. The van der Waals surface area contributed by atoms with Crippen LogP contribution < -0.4 is 4.74 Å². The number of ether oxygens (including phenoxy) is 4. The molecule has 2 aliphatic heterocycles. The molecule has 0 aliphatic carbocycles. The van der Waals surface area contributed by atoms with Crippen LogP contribution in [0, 0.1) is 0 Å². The highest BCUT2D eigenvalue weighted by atomic mass is 16.7. The number of hydrogen-bond acceptors (Lipinski definition) is 4. The number of hydrogen-bond donors (Lipinski definition) is 0. The van der Waals surface area contributed by atoms with Crippen molar-refractivity contribution < 1.29 is 18.9 Å². The Morgan fingerprint density at radius 1 is 1.05 bits per heavy atom. The molecule has 0 N–H and O–H groups in total. The van der Waals surface area contributed by atoms with Gasteiger partial charge in [0.05, 0.1) is 19.8 Å². The maximum Gasteiger partial charge on any atom is 0.199 e. The molecule has 2 aliphatic rings. The van der Waals surface area contributed by atoms with Crippen LogP contribution in [0.5, 0.6) is 5.75 Å². The third-order valence-corrected chi connectivity index (χ3v) is 3.62. The van der Waals surface area contributed by atoms with Gasteiger partial charge in [-0.1, -0.05) is 0 Å². The van der Waals surface area contributed by atoms with Gasteiger partial charge in [0, 0.05) is 12.0 Å². The van der Waals surface area contributed by atoms with E-state index in [1.54, 1.807) is 0 Å². The first-order valence-corrected chi connectivity index (χ1v) is 6.93. The summed E-state index contributed by atoms with van der Waals surface area (Å²) in [5.74, 6) is 0.220. The summed E-state index contributed by atoms with van der Waals surface area (Å²) in [6, 6.07) is 7.88. The Labute approximate surface area is 113 Å². The van der Waals surface area contributed by atoms with E-state index in [0.717, 1.165) is 30.8 Å². The average Bonchev–Trinajstić information content (AvgIpc) is 2.89. The molecule has 1 aromatic carbocycles. The molecule has 2 saturated heterocycles. The molecule has 0 radical (unpaired) electrons. The van der Waals surface area contributed by atoms with E-state index in [2.05, 4.69) is 0 Å². The SMILES string of the molecule is CC1(c2ccc(OC3CCCCO3)cc2)OCCO1.